The molecule has 0 aromatic carbocycles. The zero-order valence-electron chi connectivity index (χ0n) is 11.1. The van der Waals surface area contributed by atoms with Gasteiger partial charge in [0.05, 0.1) is 4.90 Å². The van der Waals surface area contributed by atoms with Gasteiger partial charge in [0.25, 0.3) is 0 Å². The molecule has 7 heteroatoms. The van der Waals surface area contributed by atoms with E-state index in [2.05, 4.69) is 9.62 Å². The molecule has 0 radical (unpaired) electrons. The minimum absolute atomic E-state index is 0.0793. The Bertz CT molecular complexity index is 507. The van der Waals surface area contributed by atoms with Crippen LogP contribution in [0.2, 0.25) is 0 Å². The molecule has 0 amide bonds. The van der Waals surface area contributed by atoms with Gasteiger partial charge in [-0.05, 0) is 38.9 Å². The van der Waals surface area contributed by atoms with Crippen LogP contribution in [0.25, 0.3) is 0 Å². The van der Waals surface area contributed by atoms with Gasteiger partial charge in [0.15, 0.2) is 0 Å². The Hall–Kier alpha value is -0.470. The van der Waals surface area contributed by atoms with Crippen molar-refractivity contribution in [1.82, 2.24) is 9.62 Å². The summed E-state index contributed by atoms with van der Waals surface area (Å²) in [5.74, 6) is 0. The van der Waals surface area contributed by atoms with Crippen LogP contribution < -0.4 is 10.5 Å². The van der Waals surface area contributed by atoms with E-state index >= 15 is 0 Å². The second-order valence-corrected chi connectivity index (χ2v) is 7.69. The topological polar surface area (TPSA) is 75.4 Å². The third kappa shape index (κ3) is 4.00. The summed E-state index contributed by atoms with van der Waals surface area (Å²) in [4.78, 5) is 3.50. The lowest BCUT2D eigenvalue weighted by atomic mass is 10.3. The Kier molecular flexibility index (Phi) is 4.97. The molecule has 2 rings (SSSR count). The smallest absolute Gasteiger partial charge is 0.241 e. The summed E-state index contributed by atoms with van der Waals surface area (Å²) in [6.07, 6.45) is 2.42. The Morgan fingerprint density at radius 1 is 1.47 bits per heavy atom. The molecule has 1 aliphatic rings. The number of sulfonamides is 1. The van der Waals surface area contributed by atoms with Gasteiger partial charge in [-0.2, -0.15) is 0 Å². The highest BCUT2D eigenvalue weighted by Crippen LogP contribution is 2.19. The molecular formula is C12H21N3O2S2. The van der Waals surface area contributed by atoms with Crippen LogP contribution in [0.15, 0.2) is 16.3 Å². The van der Waals surface area contributed by atoms with E-state index in [1.807, 2.05) is 6.92 Å². The summed E-state index contributed by atoms with van der Waals surface area (Å²) in [5.41, 5.74) is 5.51. The van der Waals surface area contributed by atoms with Gasteiger partial charge in [-0.25, -0.2) is 13.1 Å². The van der Waals surface area contributed by atoms with Gasteiger partial charge in [-0.1, -0.05) is 0 Å². The van der Waals surface area contributed by atoms with E-state index in [1.165, 1.54) is 24.2 Å². The number of nitrogens with zero attached hydrogens (tertiary/aromatic N) is 1. The van der Waals surface area contributed by atoms with Gasteiger partial charge in [0.1, 0.15) is 0 Å². The van der Waals surface area contributed by atoms with Crippen molar-refractivity contribution >= 4 is 21.4 Å². The number of nitrogens with one attached hydrogen (secondary N) is 1. The lowest BCUT2D eigenvalue weighted by molar-refractivity contribution is 0.313. The number of thiophene rings is 1. The van der Waals surface area contributed by atoms with Gasteiger partial charge < -0.3 is 10.6 Å². The van der Waals surface area contributed by atoms with E-state index in [9.17, 15) is 8.42 Å². The Labute approximate surface area is 118 Å². The predicted octanol–water partition coefficient (Wildman–Crippen LogP) is 0.969. The van der Waals surface area contributed by atoms with E-state index in [4.69, 9.17) is 5.73 Å². The molecular weight excluding hydrogens is 282 g/mol. The van der Waals surface area contributed by atoms with Crippen LogP contribution in [0.1, 0.15) is 24.6 Å². The van der Waals surface area contributed by atoms with Crippen molar-refractivity contribution in [2.45, 2.75) is 37.2 Å². The van der Waals surface area contributed by atoms with E-state index < -0.39 is 10.0 Å². The molecule has 1 unspecified atom stereocenters. The van der Waals surface area contributed by atoms with E-state index in [0.717, 1.165) is 24.5 Å². The van der Waals surface area contributed by atoms with Crippen LogP contribution in [0.4, 0.5) is 0 Å². The number of hydrogen-bond donors (Lipinski definition) is 2. The lowest BCUT2D eigenvalue weighted by Crippen LogP contribution is -2.40. The molecule has 19 heavy (non-hydrogen) atoms. The molecule has 1 aromatic heterocycles. The molecule has 2 heterocycles. The minimum atomic E-state index is -3.41. The van der Waals surface area contributed by atoms with Gasteiger partial charge in [-0.15, -0.1) is 11.3 Å². The van der Waals surface area contributed by atoms with Crippen LogP contribution in [0, 0.1) is 0 Å². The summed E-state index contributed by atoms with van der Waals surface area (Å²) < 4.78 is 27.1. The number of rotatable bonds is 6. The normalized spacial score (nSPS) is 18.8. The van der Waals surface area contributed by atoms with Gasteiger partial charge in [0.2, 0.25) is 10.0 Å². The number of likely N-dealkylation sites (tertiary alicyclic amines) is 1. The maximum atomic E-state index is 12.2. The summed E-state index contributed by atoms with van der Waals surface area (Å²) in [7, 11) is -3.41. The maximum absolute atomic E-state index is 12.2. The van der Waals surface area contributed by atoms with Crippen molar-refractivity contribution in [3.8, 4) is 0 Å². The highest BCUT2D eigenvalue weighted by molar-refractivity contribution is 7.89. The zero-order chi connectivity index (χ0) is 13.9. The average molecular weight is 303 g/mol. The van der Waals surface area contributed by atoms with Crippen LogP contribution in [0.5, 0.6) is 0 Å². The first-order chi connectivity index (χ1) is 9.01. The van der Waals surface area contributed by atoms with Gasteiger partial charge in [-0.3, -0.25) is 0 Å². The molecule has 0 spiro atoms. The third-order valence-electron chi connectivity index (χ3n) is 3.23. The molecule has 1 fully saturated rings. The fraction of sp³-hybridized carbons (Fsp3) is 0.667. The molecule has 5 nitrogen and oxygen atoms in total. The maximum Gasteiger partial charge on any atom is 0.241 e. The fourth-order valence-electron chi connectivity index (χ4n) is 2.33. The fourth-order valence-corrected chi connectivity index (χ4v) is 4.72. The van der Waals surface area contributed by atoms with Crippen molar-refractivity contribution in [2.75, 3.05) is 19.6 Å². The summed E-state index contributed by atoms with van der Waals surface area (Å²) in [6.45, 7) is 5.20. The summed E-state index contributed by atoms with van der Waals surface area (Å²) in [6, 6.07) is 1.57. The first-order valence-corrected chi connectivity index (χ1v) is 8.90. The molecule has 1 aromatic rings. The monoisotopic (exact) mass is 303 g/mol. The number of nitrogens with two attached hydrogens (primary N) is 1. The molecule has 0 aliphatic carbocycles. The Balaban J connectivity index is 1.95. The summed E-state index contributed by atoms with van der Waals surface area (Å²) >= 11 is 1.38. The first kappa shape index (κ1) is 14.9. The SMILES string of the molecule is CC(CN1CCCC1)NS(=O)(=O)c1csc(CN)c1. The lowest BCUT2D eigenvalue weighted by Gasteiger charge is -2.20. The molecule has 1 saturated heterocycles. The van der Waals surface area contributed by atoms with Crippen LogP contribution in [-0.4, -0.2) is 39.0 Å². The van der Waals surface area contributed by atoms with Gasteiger partial charge in [0, 0.05) is 29.4 Å². The highest BCUT2D eigenvalue weighted by atomic mass is 32.2. The molecule has 1 aliphatic heterocycles. The Morgan fingerprint density at radius 3 is 2.74 bits per heavy atom. The van der Waals surface area contributed by atoms with E-state index in [-0.39, 0.29) is 6.04 Å². The minimum Gasteiger partial charge on any atom is -0.326 e. The molecule has 0 saturated carbocycles. The predicted molar refractivity (Wildman–Crippen MR) is 77.7 cm³/mol. The second kappa shape index (κ2) is 6.32. The molecule has 1 atom stereocenters. The molecule has 3 N–H and O–H groups in total. The van der Waals surface area contributed by atoms with Crippen molar-refractivity contribution in [3.05, 3.63) is 16.3 Å². The van der Waals surface area contributed by atoms with Gasteiger partial charge >= 0.3 is 0 Å². The number of hydrogen-bond acceptors (Lipinski definition) is 5. The third-order valence-corrected chi connectivity index (χ3v) is 5.91. The van der Waals surface area contributed by atoms with Crippen LogP contribution >= 0.6 is 11.3 Å². The van der Waals surface area contributed by atoms with Crippen LogP contribution in [-0.2, 0) is 16.6 Å². The second-order valence-electron chi connectivity index (χ2n) is 4.98. The molecule has 0 bridgehead atoms. The van der Waals surface area contributed by atoms with Crippen molar-refractivity contribution in [1.29, 1.82) is 0 Å². The Morgan fingerprint density at radius 2 is 2.16 bits per heavy atom. The molecule has 108 valence electrons. The first-order valence-electron chi connectivity index (χ1n) is 6.53. The summed E-state index contributed by atoms with van der Waals surface area (Å²) in [5, 5.41) is 1.65. The zero-order valence-corrected chi connectivity index (χ0v) is 12.8. The van der Waals surface area contributed by atoms with Crippen molar-refractivity contribution < 1.29 is 8.42 Å². The van der Waals surface area contributed by atoms with E-state index in [1.54, 1.807) is 11.4 Å². The van der Waals surface area contributed by atoms with Crippen molar-refractivity contribution in [2.24, 2.45) is 5.73 Å². The van der Waals surface area contributed by atoms with E-state index in [0.29, 0.717) is 11.4 Å². The van der Waals surface area contributed by atoms with Crippen LogP contribution in [0.3, 0.4) is 0 Å². The quantitative estimate of drug-likeness (QED) is 0.821. The van der Waals surface area contributed by atoms with Crippen molar-refractivity contribution in [3.63, 3.8) is 0 Å². The largest absolute Gasteiger partial charge is 0.326 e. The standard InChI is InChI=1S/C12H21N3O2S2/c1-10(8-15-4-2-3-5-15)14-19(16,17)12-6-11(7-13)18-9-12/h6,9-10,14H,2-5,7-8,13H2,1H3. The highest BCUT2D eigenvalue weighted by Gasteiger charge is 2.21. The average Bonchev–Trinajstić information content (AvgIpc) is 2.97.